The van der Waals surface area contributed by atoms with E-state index in [1.54, 1.807) is 28.9 Å². The number of hydrogen-bond donors (Lipinski definition) is 1. The van der Waals surface area contributed by atoms with Gasteiger partial charge in [0, 0.05) is 20.0 Å². The van der Waals surface area contributed by atoms with Gasteiger partial charge in [-0.2, -0.15) is 5.10 Å². The molecule has 0 spiro atoms. The summed E-state index contributed by atoms with van der Waals surface area (Å²) in [6, 6.07) is 6.01. The molecule has 5 heteroatoms. The van der Waals surface area contributed by atoms with Gasteiger partial charge in [-0.3, -0.25) is 4.79 Å². The van der Waals surface area contributed by atoms with E-state index in [0.717, 1.165) is 17.7 Å². The van der Waals surface area contributed by atoms with Gasteiger partial charge < -0.3 is 0 Å². The topological polar surface area (TPSA) is 41.5 Å². The maximum Gasteiger partial charge on any atom is 0.272 e. The predicted octanol–water partition coefficient (Wildman–Crippen LogP) is 3.70. The maximum absolute atomic E-state index is 11.8. The summed E-state index contributed by atoms with van der Waals surface area (Å²) in [5.41, 5.74) is 3.24. The quantitative estimate of drug-likeness (QED) is 0.662. The van der Waals surface area contributed by atoms with E-state index in [1.165, 1.54) is 9.75 Å². The molecule has 0 fully saturated rings. The van der Waals surface area contributed by atoms with Gasteiger partial charge in [0.1, 0.15) is 0 Å². The highest BCUT2D eigenvalue weighted by atomic mass is 32.1. The number of amides is 1. The summed E-state index contributed by atoms with van der Waals surface area (Å²) in [4.78, 5) is 15.4. The van der Waals surface area contributed by atoms with Gasteiger partial charge in [-0.05, 0) is 31.0 Å². The molecule has 0 bridgehead atoms. The highest BCUT2D eigenvalue weighted by molar-refractivity contribution is 7.13. The van der Waals surface area contributed by atoms with Crippen LogP contribution in [0, 0.1) is 0 Å². The standard InChI is InChI=1S/C14H16N2OS2/c1-3-11-5-6-13(19-11)8-15-16-14(17)10-7-12(4-2)18-9-10/h5-9H,3-4H2,1-2H3,(H,16,17)/b15-8-. The predicted molar refractivity (Wildman–Crippen MR) is 82.5 cm³/mol. The molecule has 0 saturated carbocycles. The van der Waals surface area contributed by atoms with Gasteiger partial charge in [-0.1, -0.05) is 13.8 Å². The molecule has 0 saturated heterocycles. The van der Waals surface area contributed by atoms with Crippen LogP contribution in [-0.2, 0) is 12.8 Å². The molecule has 0 atom stereocenters. The molecule has 2 heterocycles. The highest BCUT2D eigenvalue weighted by Gasteiger charge is 2.06. The number of carbonyl (C=O) groups is 1. The zero-order valence-corrected chi connectivity index (χ0v) is 12.6. The van der Waals surface area contributed by atoms with Crippen LogP contribution in [0.4, 0.5) is 0 Å². The maximum atomic E-state index is 11.8. The van der Waals surface area contributed by atoms with Crippen LogP contribution in [0.25, 0.3) is 0 Å². The molecular weight excluding hydrogens is 276 g/mol. The molecule has 0 unspecified atom stereocenters. The van der Waals surface area contributed by atoms with Crippen LogP contribution in [0.3, 0.4) is 0 Å². The zero-order chi connectivity index (χ0) is 13.7. The van der Waals surface area contributed by atoms with E-state index in [1.807, 2.05) is 17.5 Å². The normalized spacial score (nSPS) is 11.1. The minimum Gasteiger partial charge on any atom is -0.267 e. The lowest BCUT2D eigenvalue weighted by atomic mass is 10.3. The Bertz CT molecular complexity index is 584. The molecule has 0 aliphatic carbocycles. The van der Waals surface area contributed by atoms with Crippen molar-refractivity contribution in [1.29, 1.82) is 0 Å². The molecular formula is C14H16N2OS2. The minimum atomic E-state index is -0.153. The molecule has 0 aromatic carbocycles. The van der Waals surface area contributed by atoms with Crippen molar-refractivity contribution in [3.05, 3.63) is 43.8 Å². The van der Waals surface area contributed by atoms with E-state index in [9.17, 15) is 4.79 Å². The van der Waals surface area contributed by atoms with Crippen LogP contribution in [0.15, 0.2) is 28.7 Å². The third-order valence-electron chi connectivity index (χ3n) is 2.65. The monoisotopic (exact) mass is 292 g/mol. The van der Waals surface area contributed by atoms with Gasteiger partial charge in [-0.25, -0.2) is 5.43 Å². The summed E-state index contributed by atoms with van der Waals surface area (Å²) in [7, 11) is 0. The molecule has 100 valence electrons. The third-order valence-corrected chi connectivity index (χ3v) is 4.90. The zero-order valence-electron chi connectivity index (χ0n) is 11.0. The fraction of sp³-hybridized carbons (Fsp3) is 0.286. The first-order chi connectivity index (χ1) is 9.22. The van der Waals surface area contributed by atoms with Crippen LogP contribution in [0.2, 0.25) is 0 Å². The Balaban J connectivity index is 1.92. The summed E-state index contributed by atoms with van der Waals surface area (Å²) in [6.45, 7) is 4.20. The highest BCUT2D eigenvalue weighted by Crippen LogP contribution is 2.16. The largest absolute Gasteiger partial charge is 0.272 e. The van der Waals surface area contributed by atoms with Gasteiger partial charge in [0.2, 0.25) is 0 Å². The van der Waals surface area contributed by atoms with Crippen molar-refractivity contribution in [2.75, 3.05) is 0 Å². The van der Waals surface area contributed by atoms with Gasteiger partial charge in [0.15, 0.2) is 0 Å². The minimum absolute atomic E-state index is 0.153. The van der Waals surface area contributed by atoms with Crippen molar-refractivity contribution in [3.8, 4) is 0 Å². The molecule has 19 heavy (non-hydrogen) atoms. The number of hydrazone groups is 1. The first-order valence-electron chi connectivity index (χ1n) is 6.22. The first kappa shape index (κ1) is 14.0. The Kier molecular flexibility index (Phi) is 4.87. The smallest absolute Gasteiger partial charge is 0.267 e. The Labute approximate surface area is 121 Å². The fourth-order valence-corrected chi connectivity index (χ4v) is 3.20. The summed E-state index contributed by atoms with van der Waals surface area (Å²) >= 11 is 3.29. The van der Waals surface area contributed by atoms with Crippen molar-refractivity contribution < 1.29 is 4.79 Å². The van der Waals surface area contributed by atoms with E-state index >= 15 is 0 Å². The number of nitrogens with zero attached hydrogens (tertiary/aromatic N) is 1. The lowest BCUT2D eigenvalue weighted by Gasteiger charge is -1.94. The summed E-state index contributed by atoms with van der Waals surface area (Å²) in [5, 5.41) is 5.86. The second-order valence-corrected chi connectivity index (χ2v) is 6.21. The van der Waals surface area contributed by atoms with E-state index in [0.29, 0.717) is 5.56 Å². The molecule has 1 amide bonds. The Hall–Kier alpha value is -1.46. The summed E-state index contributed by atoms with van der Waals surface area (Å²) < 4.78 is 0. The van der Waals surface area contributed by atoms with Crippen LogP contribution in [-0.4, -0.2) is 12.1 Å². The van der Waals surface area contributed by atoms with E-state index in [-0.39, 0.29) is 5.91 Å². The number of carbonyl (C=O) groups excluding carboxylic acids is 1. The Morgan fingerprint density at radius 3 is 2.74 bits per heavy atom. The van der Waals surface area contributed by atoms with Crippen molar-refractivity contribution in [2.24, 2.45) is 5.10 Å². The molecule has 2 rings (SSSR count). The van der Waals surface area contributed by atoms with E-state index in [4.69, 9.17) is 0 Å². The van der Waals surface area contributed by atoms with Crippen molar-refractivity contribution in [1.82, 2.24) is 5.43 Å². The van der Waals surface area contributed by atoms with Crippen LogP contribution in [0.1, 0.15) is 38.8 Å². The Morgan fingerprint density at radius 1 is 1.32 bits per heavy atom. The average molecular weight is 292 g/mol. The SMILES string of the molecule is CCc1cc(C(=O)N/N=C\c2ccc(CC)s2)cs1. The number of rotatable bonds is 5. The Morgan fingerprint density at radius 2 is 2.11 bits per heavy atom. The molecule has 0 radical (unpaired) electrons. The number of thiophene rings is 2. The van der Waals surface area contributed by atoms with Crippen LogP contribution < -0.4 is 5.43 Å². The van der Waals surface area contributed by atoms with Crippen molar-refractivity contribution in [3.63, 3.8) is 0 Å². The van der Waals surface area contributed by atoms with E-state index in [2.05, 4.69) is 30.4 Å². The van der Waals surface area contributed by atoms with E-state index < -0.39 is 0 Å². The number of aryl methyl sites for hydroxylation is 2. The lowest BCUT2D eigenvalue weighted by molar-refractivity contribution is 0.0955. The third kappa shape index (κ3) is 3.75. The molecule has 2 aromatic rings. The van der Waals surface area contributed by atoms with Gasteiger partial charge in [0.05, 0.1) is 11.8 Å². The first-order valence-corrected chi connectivity index (χ1v) is 7.92. The van der Waals surface area contributed by atoms with Gasteiger partial charge in [0.25, 0.3) is 5.91 Å². The second kappa shape index (κ2) is 6.63. The molecule has 3 nitrogen and oxygen atoms in total. The lowest BCUT2D eigenvalue weighted by Crippen LogP contribution is -2.16. The molecule has 0 aliphatic rings. The van der Waals surface area contributed by atoms with Gasteiger partial charge >= 0.3 is 0 Å². The van der Waals surface area contributed by atoms with Gasteiger partial charge in [-0.15, -0.1) is 22.7 Å². The molecule has 0 aliphatic heterocycles. The molecule has 1 N–H and O–H groups in total. The van der Waals surface area contributed by atoms with Crippen LogP contribution in [0.5, 0.6) is 0 Å². The van der Waals surface area contributed by atoms with Crippen LogP contribution >= 0.6 is 22.7 Å². The van der Waals surface area contributed by atoms with Crippen molar-refractivity contribution in [2.45, 2.75) is 26.7 Å². The summed E-state index contributed by atoms with van der Waals surface area (Å²) in [6.07, 6.45) is 3.67. The second-order valence-electron chi connectivity index (χ2n) is 4.01. The molecule has 2 aromatic heterocycles. The number of hydrogen-bond acceptors (Lipinski definition) is 4. The average Bonchev–Trinajstić information content (AvgIpc) is 3.07. The summed E-state index contributed by atoms with van der Waals surface area (Å²) in [5.74, 6) is -0.153. The fourth-order valence-electron chi connectivity index (χ4n) is 1.56. The van der Waals surface area contributed by atoms with Crippen molar-refractivity contribution >= 4 is 34.8 Å². The number of nitrogens with one attached hydrogen (secondary N) is 1.